The smallest absolute Gasteiger partial charge is 0.229 e. The van der Waals surface area contributed by atoms with E-state index < -0.39 is 5.92 Å². The Morgan fingerprint density at radius 2 is 1.76 bits per heavy atom. The van der Waals surface area contributed by atoms with Crippen molar-refractivity contribution in [3.63, 3.8) is 0 Å². The summed E-state index contributed by atoms with van der Waals surface area (Å²) in [5, 5.41) is 2.97. The topological polar surface area (TPSA) is 77.1 Å². The molecule has 2 amide bonds. The minimum atomic E-state index is -0.438. The van der Waals surface area contributed by atoms with Crippen molar-refractivity contribution in [2.75, 3.05) is 38.1 Å². The van der Waals surface area contributed by atoms with Gasteiger partial charge in [-0.25, -0.2) is 0 Å². The molecule has 2 aromatic rings. The fourth-order valence-corrected chi connectivity index (χ4v) is 3.54. The first-order valence-corrected chi connectivity index (χ1v) is 9.51. The zero-order chi connectivity index (χ0) is 21.0. The molecule has 0 aliphatic carbocycles. The second-order valence-corrected chi connectivity index (χ2v) is 6.79. The van der Waals surface area contributed by atoms with E-state index in [-0.39, 0.29) is 24.8 Å². The average Bonchev–Trinajstić information content (AvgIpc) is 3.14. The predicted octanol–water partition coefficient (Wildman–Crippen LogP) is 3.27. The summed E-state index contributed by atoms with van der Waals surface area (Å²) in [6.45, 7) is 2.33. The number of amides is 2. The quantitative estimate of drug-likeness (QED) is 0.775. The van der Waals surface area contributed by atoms with E-state index in [9.17, 15) is 9.59 Å². The monoisotopic (exact) mass is 398 g/mol. The fraction of sp³-hybridized carbons (Fsp3) is 0.364. The van der Waals surface area contributed by atoms with Crippen LogP contribution in [0.2, 0.25) is 0 Å². The molecule has 2 aromatic carbocycles. The number of benzene rings is 2. The van der Waals surface area contributed by atoms with Crippen molar-refractivity contribution < 1.29 is 23.8 Å². The molecule has 7 nitrogen and oxygen atoms in total. The van der Waals surface area contributed by atoms with Crippen molar-refractivity contribution in [2.45, 2.75) is 19.8 Å². The van der Waals surface area contributed by atoms with Crippen LogP contribution in [-0.4, -0.2) is 39.7 Å². The van der Waals surface area contributed by atoms with Crippen LogP contribution < -0.4 is 24.4 Å². The van der Waals surface area contributed by atoms with Crippen LogP contribution in [0.3, 0.4) is 0 Å². The predicted molar refractivity (Wildman–Crippen MR) is 111 cm³/mol. The van der Waals surface area contributed by atoms with Gasteiger partial charge in [-0.1, -0.05) is 25.1 Å². The second-order valence-electron chi connectivity index (χ2n) is 6.79. The van der Waals surface area contributed by atoms with E-state index in [0.717, 1.165) is 17.7 Å². The highest BCUT2D eigenvalue weighted by Gasteiger charge is 2.36. The summed E-state index contributed by atoms with van der Waals surface area (Å²) in [6, 6.07) is 11.1. The molecular formula is C22H26N2O5. The lowest BCUT2D eigenvalue weighted by atomic mass is 10.1. The fourth-order valence-electron chi connectivity index (χ4n) is 3.54. The summed E-state index contributed by atoms with van der Waals surface area (Å²) in [6.07, 6.45) is 0.967. The van der Waals surface area contributed by atoms with E-state index >= 15 is 0 Å². The molecule has 7 heteroatoms. The van der Waals surface area contributed by atoms with Crippen molar-refractivity contribution in [3.8, 4) is 17.2 Å². The molecule has 1 fully saturated rings. The first-order valence-electron chi connectivity index (χ1n) is 9.51. The van der Waals surface area contributed by atoms with Crippen LogP contribution >= 0.6 is 0 Å². The van der Waals surface area contributed by atoms with E-state index in [1.165, 1.54) is 21.3 Å². The van der Waals surface area contributed by atoms with Crippen LogP contribution in [0.1, 0.15) is 18.9 Å². The lowest BCUT2D eigenvalue weighted by Gasteiger charge is -2.20. The normalized spacial score (nSPS) is 15.9. The molecular weight excluding hydrogens is 372 g/mol. The van der Waals surface area contributed by atoms with Gasteiger partial charge in [0.1, 0.15) is 0 Å². The van der Waals surface area contributed by atoms with E-state index in [0.29, 0.717) is 22.9 Å². The van der Waals surface area contributed by atoms with Gasteiger partial charge in [0, 0.05) is 30.8 Å². The standard InChI is InChI=1S/C22H26N2O5/c1-5-14-8-6-7-9-17(14)23-22(26)15-10-20(25)24(13-15)16-11-18(27-2)21(29-4)19(12-16)28-3/h6-9,11-12,15H,5,10,13H2,1-4H3,(H,23,26)/t15-/m1/s1. The third-order valence-electron chi connectivity index (χ3n) is 5.11. The molecule has 0 saturated carbocycles. The maximum Gasteiger partial charge on any atom is 0.229 e. The summed E-state index contributed by atoms with van der Waals surface area (Å²) in [5.41, 5.74) is 2.46. The molecule has 1 atom stereocenters. The Kier molecular flexibility index (Phi) is 6.26. The number of aryl methyl sites for hydroxylation is 1. The van der Waals surface area contributed by atoms with Crippen molar-refractivity contribution in [1.82, 2.24) is 0 Å². The number of hydrogen-bond donors (Lipinski definition) is 1. The summed E-state index contributed by atoms with van der Waals surface area (Å²) in [7, 11) is 4.57. The number of anilines is 2. The molecule has 1 aliphatic rings. The third kappa shape index (κ3) is 4.13. The molecule has 29 heavy (non-hydrogen) atoms. The third-order valence-corrected chi connectivity index (χ3v) is 5.11. The zero-order valence-corrected chi connectivity index (χ0v) is 17.2. The van der Waals surface area contributed by atoms with Gasteiger partial charge in [0.25, 0.3) is 0 Å². The van der Waals surface area contributed by atoms with Crippen LogP contribution in [0.4, 0.5) is 11.4 Å². The molecule has 0 unspecified atom stereocenters. The first kappa shape index (κ1) is 20.5. The van der Waals surface area contributed by atoms with Gasteiger partial charge in [-0.3, -0.25) is 9.59 Å². The minimum Gasteiger partial charge on any atom is -0.493 e. The van der Waals surface area contributed by atoms with Crippen LogP contribution in [0.25, 0.3) is 0 Å². The highest BCUT2D eigenvalue weighted by atomic mass is 16.5. The summed E-state index contributed by atoms with van der Waals surface area (Å²) in [5.74, 6) is 0.651. The molecule has 0 spiro atoms. The van der Waals surface area contributed by atoms with Gasteiger partial charge >= 0.3 is 0 Å². The maximum atomic E-state index is 12.8. The van der Waals surface area contributed by atoms with Gasteiger partial charge in [-0.05, 0) is 18.1 Å². The molecule has 0 radical (unpaired) electrons. The van der Waals surface area contributed by atoms with Crippen molar-refractivity contribution in [1.29, 1.82) is 0 Å². The van der Waals surface area contributed by atoms with Gasteiger partial charge in [0.15, 0.2) is 11.5 Å². The van der Waals surface area contributed by atoms with Crippen molar-refractivity contribution in [2.24, 2.45) is 5.92 Å². The second kappa shape index (κ2) is 8.86. The molecule has 1 saturated heterocycles. The van der Waals surface area contributed by atoms with E-state index in [1.54, 1.807) is 17.0 Å². The first-order chi connectivity index (χ1) is 14.0. The summed E-state index contributed by atoms with van der Waals surface area (Å²) < 4.78 is 16.1. The zero-order valence-electron chi connectivity index (χ0n) is 17.2. The molecule has 1 N–H and O–H groups in total. The molecule has 3 rings (SSSR count). The Labute approximate surface area is 170 Å². The highest BCUT2D eigenvalue weighted by molar-refractivity contribution is 6.04. The Hall–Kier alpha value is -3.22. The van der Waals surface area contributed by atoms with E-state index in [4.69, 9.17) is 14.2 Å². The Bertz CT molecular complexity index is 887. The summed E-state index contributed by atoms with van der Waals surface area (Å²) >= 11 is 0. The van der Waals surface area contributed by atoms with Gasteiger partial charge in [-0.15, -0.1) is 0 Å². The number of carbonyl (C=O) groups is 2. The molecule has 0 aromatic heterocycles. The number of hydrogen-bond acceptors (Lipinski definition) is 5. The average molecular weight is 398 g/mol. The minimum absolute atomic E-state index is 0.122. The van der Waals surface area contributed by atoms with Gasteiger partial charge in [0.2, 0.25) is 17.6 Å². The van der Waals surface area contributed by atoms with Crippen molar-refractivity contribution >= 4 is 23.2 Å². The maximum absolute atomic E-state index is 12.8. The van der Waals surface area contributed by atoms with Crippen LogP contribution in [0, 0.1) is 5.92 Å². The van der Waals surface area contributed by atoms with Crippen LogP contribution in [0.15, 0.2) is 36.4 Å². The largest absolute Gasteiger partial charge is 0.493 e. The molecule has 1 aliphatic heterocycles. The number of para-hydroxylation sites is 1. The van der Waals surface area contributed by atoms with E-state index in [1.807, 2.05) is 31.2 Å². The molecule has 0 bridgehead atoms. The Morgan fingerprint density at radius 1 is 1.10 bits per heavy atom. The summed E-state index contributed by atoms with van der Waals surface area (Å²) in [4.78, 5) is 27.0. The molecule has 1 heterocycles. The van der Waals surface area contributed by atoms with Crippen LogP contribution in [0.5, 0.6) is 17.2 Å². The van der Waals surface area contributed by atoms with Gasteiger partial charge < -0.3 is 24.4 Å². The SMILES string of the molecule is CCc1ccccc1NC(=O)[C@@H]1CC(=O)N(c2cc(OC)c(OC)c(OC)c2)C1. The lowest BCUT2D eigenvalue weighted by molar-refractivity contribution is -0.122. The number of methoxy groups -OCH3 is 3. The number of nitrogens with zero attached hydrogens (tertiary/aromatic N) is 1. The number of nitrogens with one attached hydrogen (secondary N) is 1. The van der Waals surface area contributed by atoms with Crippen molar-refractivity contribution in [3.05, 3.63) is 42.0 Å². The number of carbonyl (C=O) groups excluding carboxylic acids is 2. The van der Waals surface area contributed by atoms with Gasteiger partial charge in [0.05, 0.1) is 32.9 Å². The number of rotatable bonds is 7. The van der Waals surface area contributed by atoms with Gasteiger partial charge in [-0.2, -0.15) is 0 Å². The number of ether oxygens (including phenoxy) is 3. The highest BCUT2D eigenvalue weighted by Crippen LogP contribution is 2.42. The lowest BCUT2D eigenvalue weighted by Crippen LogP contribution is -2.28. The van der Waals surface area contributed by atoms with E-state index in [2.05, 4.69) is 5.32 Å². The molecule has 154 valence electrons. The van der Waals surface area contributed by atoms with Crippen LogP contribution in [-0.2, 0) is 16.0 Å². The Morgan fingerprint density at radius 3 is 2.34 bits per heavy atom. The Balaban J connectivity index is 1.80.